The summed E-state index contributed by atoms with van der Waals surface area (Å²) in [6.45, 7) is 8.39. The minimum Gasteiger partial charge on any atom is -0.372 e. The number of aromatic nitrogens is 1. The van der Waals surface area contributed by atoms with Crippen molar-refractivity contribution >= 4 is 5.82 Å². The van der Waals surface area contributed by atoms with E-state index in [0.717, 1.165) is 25.3 Å². The molecule has 112 valence electrons. The Morgan fingerprint density at radius 3 is 2.50 bits per heavy atom. The Labute approximate surface area is 123 Å². The predicted molar refractivity (Wildman–Crippen MR) is 84.3 cm³/mol. The molecule has 2 rings (SSSR count). The van der Waals surface area contributed by atoms with Crippen LogP contribution in [-0.2, 0) is 11.2 Å². The number of aryl methyl sites for hydroxylation is 1. The second-order valence-corrected chi connectivity index (χ2v) is 6.00. The van der Waals surface area contributed by atoms with Crippen molar-refractivity contribution in [1.82, 2.24) is 4.98 Å². The highest BCUT2D eigenvalue weighted by molar-refractivity contribution is 5.40. The maximum absolute atomic E-state index is 5.77. The van der Waals surface area contributed by atoms with E-state index in [4.69, 9.17) is 4.74 Å². The third-order valence-corrected chi connectivity index (χ3v) is 3.87. The van der Waals surface area contributed by atoms with E-state index in [-0.39, 0.29) is 12.2 Å². The number of unbranched alkanes of at least 4 members (excludes halogenated alkanes) is 3. The highest BCUT2D eigenvalue weighted by atomic mass is 16.5. The van der Waals surface area contributed by atoms with Gasteiger partial charge in [0, 0.05) is 19.3 Å². The molecule has 1 fully saturated rings. The highest BCUT2D eigenvalue weighted by Gasteiger charge is 2.22. The molecule has 0 radical (unpaired) electrons. The number of ether oxygens (including phenoxy) is 1. The summed E-state index contributed by atoms with van der Waals surface area (Å²) in [4.78, 5) is 6.97. The van der Waals surface area contributed by atoms with E-state index >= 15 is 0 Å². The van der Waals surface area contributed by atoms with Gasteiger partial charge in [0.2, 0.25) is 0 Å². The van der Waals surface area contributed by atoms with Crippen LogP contribution in [-0.4, -0.2) is 30.3 Å². The first-order chi connectivity index (χ1) is 9.69. The first kappa shape index (κ1) is 15.3. The maximum atomic E-state index is 5.77. The lowest BCUT2D eigenvalue weighted by Crippen LogP contribution is -2.45. The van der Waals surface area contributed by atoms with Crippen molar-refractivity contribution in [2.45, 2.75) is 65.1 Å². The summed E-state index contributed by atoms with van der Waals surface area (Å²) in [6.07, 6.45) is 9.02. The Bertz CT molecular complexity index is 380. The molecule has 20 heavy (non-hydrogen) atoms. The molecule has 0 N–H and O–H groups in total. The van der Waals surface area contributed by atoms with Crippen molar-refractivity contribution < 1.29 is 4.74 Å². The van der Waals surface area contributed by atoms with Gasteiger partial charge in [0.15, 0.2) is 0 Å². The summed E-state index contributed by atoms with van der Waals surface area (Å²) in [6, 6.07) is 4.40. The fourth-order valence-corrected chi connectivity index (χ4v) is 2.87. The molecule has 3 heteroatoms. The Morgan fingerprint density at radius 2 is 1.90 bits per heavy atom. The van der Waals surface area contributed by atoms with Crippen LogP contribution >= 0.6 is 0 Å². The van der Waals surface area contributed by atoms with Crippen molar-refractivity contribution in [3.63, 3.8) is 0 Å². The van der Waals surface area contributed by atoms with Crippen LogP contribution in [0.2, 0.25) is 0 Å². The highest BCUT2D eigenvalue weighted by Crippen LogP contribution is 2.19. The molecule has 0 aliphatic carbocycles. The van der Waals surface area contributed by atoms with Crippen LogP contribution in [0.15, 0.2) is 18.3 Å². The fraction of sp³-hybridized carbons (Fsp3) is 0.706. The number of pyridine rings is 1. The molecule has 1 aromatic rings. The van der Waals surface area contributed by atoms with Crippen molar-refractivity contribution in [3.05, 3.63) is 23.9 Å². The van der Waals surface area contributed by atoms with E-state index in [2.05, 4.69) is 42.8 Å². The van der Waals surface area contributed by atoms with Gasteiger partial charge in [0.1, 0.15) is 5.82 Å². The topological polar surface area (TPSA) is 25.4 Å². The van der Waals surface area contributed by atoms with Crippen LogP contribution in [0.3, 0.4) is 0 Å². The van der Waals surface area contributed by atoms with Gasteiger partial charge in [-0.2, -0.15) is 0 Å². The monoisotopic (exact) mass is 276 g/mol. The van der Waals surface area contributed by atoms with Crippen molar-refractivity contribution in [2.75, 3.05) is 18.0 Å². The Hall–Kier alpha value is -1.09. The quantitative estimate of drug-likeness (QED) is 0.739. The summed E-state index contributed by atoms with van der Waals surface area (Å²) in [5.41, 5.74) is 1.36. The van der Waals surface area contributed by atoms with Crippen LogP contribution in [0.5, 0.6) is 0 Å². The van der Waals surface area contributed by atoms with Crippen LogP contribution in [0.4, 0.5) is 5.82 Å². The van der Waals surface area contributed by atoms with E-state index in [1.807, 2.05) is 6.20 Å². The van der Waals surface area contributed by atoms with E-state index in [9.17, 15) is 0 Å². The third kappa shape index (κ3) is 4.48. The summed E-state index contributed by atoms with van der Waals surface area (Å²) in [5, 5.41) is 0. The zero-order valence-corrected chi connectivity index (χ0v) is 13.1. The first-order valence-corrected chi connectivity index (χ1v) is 8.04. The summed E-state index contributed by atoms with van der Waals surface area (Å²) in [5.74, 6) is 1.09. The van der Waals surface area contributed by atoms with Gasteiger partial charge in [-0.25, -0.2) is 4.98 Å². The molecule has 1 aliphatic rings. The van der Waals surface area contributed by atoms with Crippen LogP contribution in [0.1, 0.15) is 52.0 Å². The molecule has 0 unspecified atom stereocenters. The SMILES string of the molecule is CCCCCCc1ccc(N2C[C@@H](C)O[C@@H](C)C2)nc1. The minimum atomic E-state index is 0.286. The van der Waals surface area contributed by atoms with Crippen molar-refractivity contribution in [1.29, 1.82) is 0 Å². The predicted octanol–water partition coefficient (Wildman–Crippen LogP) is 3.82. The molecular formula is C17H28N2O. The Kier molecular flexibility index (Phi) is 5.84. The second kappa shape index (κ2) is 7.63. The van der Waals surface area contributed by atoms with Crippen LogP contribution < -0.4 is 4.90 Å². The normalized spacial score (nSPS) is 23.1. The van der Waals surface area contributed by atoms with Gasteiger partial charge in [-0.1, -0.05) is 32.3 Å². The van der Waals surface area contributed by atoms with Crippen LogP contribution in [0, 0.1) is 0 Å². The van der Waals surface area contributed by atoms with Crippen LogP contribution in [0.25, 0.3) is 0 Å². The van der Waals surface area contributed by atoms with E-state index < -0.39 is 0 Å². The van der Waals surface area contributed by atoms with Gasteiger partial charge in [-0.3, -0.25) is 0 Å². The van der Waals surface area contributed by atoms with Gasteiger partial charge >= 0.3 is 0 Å². The number of nitrogens with zero attached hydrogens (tertiary/aromatic N) is 2. The maximum Gasteiger partial charge on any atom is 0.128 e. The average Bonchev–Trinajstić information content (AvgIpc) is 2.43. The number of rotatable bonds is 6. The smallest absolute Gasteiger partial charge is 0.128 e. The number of hydrogen-bond acceptors (Lipinski definition) is 3. The average molecular weight is 276 g/mol. The summed E-state index contributed by atoms with van der Waals surface area (Å²) in [7, 11) is 0. The Balaban J connectivity index is 1.87. The zero-order chi connectivity index (χ0) is 14.4. The van der Waals surface area contributed by atoms with Gasteiger partial charge in [0.05, 0.1) is 12.2 Å². The van der Waals surface area contributed by atoms with Gasteiger partial charge in [0.25, 0.3) is 0 Å². The lowest BCUT2D eigenvalue weighted by Gasteiger charge is -2.36. The van der Waals surface area contributed by atoms with Crippen molar-refractivity contribution in [2.24, 2.45) is 0 Å². The molecule has 0 saturated carbocycles. The molecule has 0 aromatic carbocycles. The molecule has 1 aliphatic heterocycles. The second-order valence-electron chi connectivity index (χ2n) is 6.00. The van der Waals surface area contributed by atoms with Gasteiger partial charge in [-0.15, -0.1) is 0 Å². The lowest BCUT2D eigenvalue weighted by atomic mass is 10.1. The Morgan fingerprint density at radius 1 is 1.15 bits per heavy atom. The standard InChI is InChI=1S/C17H28N2O/c1-4-5-6-7-8-16-9-10-17(18-11-16)19-12-14(2)20-15(3)13-19/h9-11,14-15H,4-8,12-13H2,1-3H3/t14-,15+. The van der Waals surface area contributed by atoms with Gasteiger partial charge in [-0.05, 0) is 38.3 Å². The molecule has 2 atom stereocenters. The molecule has 2 heterocycles. The minimum absolute atomic E-state index is 0.286. The lowest BCUT2D eigenvalue weighted by molar-refractivity contribution is -0.00545. The molecule has 1 aromatic heterocycles. The van der Waals surface area contributed by atoms with Crippen molar-refractivity contribution in [3.8, 4) is 0 Å². The molecular weight excluding hydrogens is 248 g/mol. The van der Waals surface area contributed by atoms with E-state index in [1.54, 1.807) is 0 Å². The zero-order valence-electron chi connectivity index (χ0n) is 13.1. The number of morpholine rings is 1. The fourth-order valence-electron chi connectivity index (χ4n) is 2.87. The molecule has 0 spiro atoms. The van der Waals surface area contributed by atoms with E-state index in [0.29, 0.717) is 0 Å². The molecule has 1 saturated heterocycles. The molecule has 0 amide bonds. The largest absolute Gasteiger partial charge is 0.372 e. The molecule has 0 bridgehead atoms. The third-order valence-electron chi connectivity index (χ3n) is 3.87. The number of hydrogen-bond donors (Lipinski definition) is 0. The van der Waals surface area contributed by atoms with Gasteiger partial charge < -0.3 is 9.64 Å². The van der Waals surface area contributed by atoms with E-state index in [1.165, 1.54) is 31.2 Å². The first-order valence-electron chi connectivity index (χ1n) is 8.04. The summed E-state index contributed by atoms with van der Waals surface area (Å²) >= 11 is 0. The number of anilines is 1. The summed E-state index contributed by atoms with van der Waals surface area (Å²) < 4.78 is 5.77. The molecule has 3 nitrogen and oxygen atoms in total.